The SMILES string of the molecule is CCC(C)CNC1COCC1C1CC1. The molecule has 0 amide bonds. The van der Waals surface area contributed by atoms with Crippen LogP contribution in [0.3, 0.4) is 0 Å². The molecule has 0 aromatic carbocycles. The molecule has 3 atom stereocenters. The molecule has 1 N–H and O–H groups in total. The highest BCUT2D eigenvalue weighted by Gasteiger charge is 2.39. The fourth-order valence-electron chi connectivity index (χ4n) is 2.27. The van der Waals surface area contributed by atoms with Crippen LogP contribution in [0.2, 0.25) is 0 Å². The van der Waals surface area contributed by atoms with Gasteiger partial charge in [0.2, 0.25) is 0 Å². The molecule has 2 heteroatoms. The number of rotatable bonds is 5. The molecule has 0 spiro atoms. The Hall–Kier alpha value is -0.0800. The van der Waals surface area contributed by atoms with Crippen LogP contribution in [0.5, 0.6) is 0 Å². The van der Waals surface area contributed by atoms with Crippen molar-refractivity contribution in [3.05, 3.63) is 0 Å². The summed E-state index contributed by atoms with van der Waals surface area (Å²) >= 11 is 0. The Kier molecular flexibility index (Phi) is 3.45. The Labute approximate surface area is 87.4 Å². The van der Waals surface area contributed by atoms with Gasteiger partial charge in [0.1, 0.15) is 0 Å². The van der Waals surface area contributed by atoms with Crippen LogP contribution in [0, 0.1) is 17.8 Å². The van der Waals surface area contributed by atoms with Crippen molar-refractivity contribution in [2.24, 2.45) is 17.8 Å². The molecule has 0 bridgehead atoms. The molecule has 2 aliphatic rings. The van der Waals surface area contributed by atoms with Crippen molar-refractivity contribution in [2.75, 3.05) is 19.8 Å². The third-order valence-corrected chi connectivity index (χ3v) is 3.78. The number of nitrogens with one attached hydrogen (secondary N) is 1. The second-order valence-electron chi connectivity index (χ2n) is 5.07. The topological polar surface area (TPSA) is 21.3 Å². The fourth-order valence-corrected chi connectivity index (χ4v) is 2.27. The van der Waals surface area contributed by atoms with Crippen LogP contribution in [0.25, 0.3) is 0 Å². The van der Waals surface area contributed by atoms with Gasteiger partial charge in [-0.05, 0) is 31.2 Å². The van der Waals surface area contributed by atoms with Gasteiger partial charge in [0.25, 0.3) is 0 Å². The lowest BCUT2D eigenvalue weighted by molar-refractivity contribution is 0.179. The Morgan fingerprint density at radius 3 is 2.79 bits per heavy atom. The van der Waals surface area contributed by atoms with Crippen LogP contribution in [-0.4, -0.2) is 25.8 Å². The first kappa shape index (κ1) is 10.4. The summed E-state index contributed by atoms with van der Waals surface area (Å²) in [4.78, 5) is 0. The molecule has 2 fully saturated rings. The first-order valence-corrected chi connectivity index (χ1v) is 6.12. The van der Waals surface area contributed by atoms with Crippen LogP contribution < -0.4 is 5.32 Å². The van der Waals surface area contributed by atoms with Crippen molar-refractivity contribution in [3.8, 4) is 0 Å². The van der Waals surface area contributed by atoms with E-state index in [-0.39, 0.29) is 0 Å². The van der Waals surface area contributed by atoms with Crippen molar-refractivity contribution in [1.29, 1.82) is 0 Å². The number of ether oxygens (including phenoxy) is 1. The lowest BCUT2D eigenvalue weighted by Crippen LogP contribution is -2.38. The first-order chi connectivity index (χ1) is 6.81. The van der Waals surface area contributed by atoms with E-state index in [1.165, 1.54) is 19.3 Å². The Morgan fingerprint density at radius 1 is 1.36 bits per heavy atom. The van der Waals surface area contributed by atoms with Gasteiger partial charge < -0.3 is 10.1 Å². The molecule has 0 radical (unpaired) electrons. The van der Waals surface area contributed by atoms with E-state index in [1.807, 2.05) is 0 Å². The highest BCUT2D eigenvalue weighted by atomic mass is 16.5. The molecule has 1 aliphatic carbocycles. The standard InChI is InChI=1S/C12H23NO/c1-3-9(2)6-13-12-8-14-7-11(12)10-4-5-10/h9-13H,3-8H2,1-2H3. The zero-order valence-electron chi connectivity index (χ0n) is 9.46. The summed E-state index contributed by atoms with van der Waals surface area (Å²) in [5.74, 6) is 2.60. The van der Waals surface area contributed by atoms with Crippen molar-refractivity contribution >= 4 is 0 Å². The van der Waals surface area contributed by atoms with Gasteiger partial charge in [-0.15, -0.1) is 0 Å². The minimum atomic E-state index is 0.650. The Morgan fingerprint density at radius 2 is 2.14 bits per heavy atom. The summed E-state index contributed by atoms with van der Waals surface area (Å²) in [5.41, 5.74) is 0. The minimum absolute atomic E-state index is 0.650. The van der Waals surface area contributed by atoms with E-state index in [0.29, 0.717) is 6.04 Å². The summed E-state index contributed by atoms with van der Waals surface area (Å²) in [6.45, 7) is 7.68. The summed E-state index contributed by atoms with van der Waals surface area (Å²) < 4.78 is 5.57. The Balaban J connectivity index is 1.73. The van der Waals surface area contributed by atoms with Gasteiger partial charge in [0.15, 0.2) is 0 Å². The van der Waals surface area contributed by atoms with Crippen molar-refractivity contribution < 1.29 is 4.74 Å². The van der Waals surface area contributed by atoms with Crippen LogP contribution in [-0.2, 0) is 4.74 Å². The van der Waals surface area contributed by atoms with E-state index >= 15 is 0 Å². The van der Waals surface area contributed by atoms with Gasteiger partial charge in [0, 0.05) is 12.0 Å². The van der Waals surface area contributed by atoms with E-state index < -0.39 is 0 Å². The zero-order valence-corrected chi connectivity index (χ0v) is 9.46. The molecule has 0 aromatic heterocycles. The Bertz CT molecular complexity index is 179. The summed E-state index contributed by atoms with van der Waals surface area (Å²) in [6.07, 6.45) is 4.15. The maximum absolute atomic E-state index is 5.57. The summed E-state index contributed by atoms with van der Waals surface area (Å²) in [5, 5.41) is 3.68. The van der Waals surface area contributed by atoms with E-state index in [0.717, 1.165) is 37.5 Å². The average Bonchev–Trinajstić information content (AvgIpc) is 2.94. The van der Waals surface area contributed by atoms with Gasteiger partial charge >= 0.3 is 0 Å². The lowest BCUT2D eigenvalue weighted by Gasteiger charge is -2.20. The van der Waals surface area contributed by atoms with Crippen molar-refractivity contribution in [2.45, 2.75) is 39.2 Å². The summed E-state index contributed by atoms with van der Waals surface area (Å²) in [6, 6.07) is 0.650. The molecule has 1 saturated heterocycles. The predicted octanol–water partition coefficient (Wildman–Crippen LogP) is 2.05. The molecule has 2 rings (SSSR count). The van der Waals surface area contributed by atoms with Crippen LogP contribution in [0.1, 0.15) is 33.1 Å². The molecule has 1 saturated carbocycles. The quantitative estimate of drug-likeness (QED) is 0.728. The predicted molar refractivity (Wildman–Crippen MR) is 58.3 cm³/mol. The zero-order chi connectivity index (χ0) is 9.97. The van der Waals surface area contributed by atoms with Crippen molar-refractivity contribution in [1.82, 2.24) is 5.32 Å². The van der Waals surface area contributed by atoms with Gasteiger partial charge in [-0.1, -0.05) is 20.3 Å². The third-order valence-electron chi connectivity index (χ3n) is 3.78. The van der Waals surface area contributed by atoms with Gasteiger partial charge in [-0.2, -0.15) is 0 Å². The molecular formula is C12H23NO. The molecule has 82 valence electrons. The molecule has 1 aliphatic heterocycles. The molecule has 3 unspecified atom stereocenters. The lowest BCUT2D eigenvalue weighted by atomic mass is 9.97. The highest BCUT2D eigenvalue weighted by molar-refractivity contribution is 4.92. The summed E-state index contributed by atoms with van der Waals surface area (Å²) in [7, 11) is 0. The first-order valence-electron chi connectivity index (χ1n) is 6.12. The normalized spacial score (nSPS) is 34.7. The van der Waals surface area contributed by atoms with E-state index in [9.17, 15) is 0 Å². The second-order valence-corrected chi connectivity index (χ2v) is 5.07. The third kappa shape index (κ3) is 2.48. The number of hydrogen-bond donors (Lipinski definition) is 1. The van der Waals surface area contributed by atoms with Crippen LogP contribution in [0.4, 0.5) is 0 Å². The second kappa shape index (κ2) is 4.63. The maximum atomic E-state index is 5.57. The van der Waals surface area contributed by atoms with Crippen molar-refractivity contribution in [3.63, 3.8) is 0 Å². The molecule has 14 heavy (non-hydrogen) atoms. The molecular weight excluding hydrogens is 174 g/mol. The largest absolute Gasteiger partial charge is 0.379 e. The van der Waals surface area contributed by atoms with Gasteiger partial charge in [-0.3, -0.25) is 0 Å². The van der Waals surface area contributed by atoms with E-state index in [2.05, 4.69) is 19.2 Å². The van der Waals surface area contributed by atoms with E-state index in [4.69, 9.17) is 4.74 Å². The monoisotopic (exact) mass is 197 g/mol. The fraction of sp³-hybridized carbons (Fsp3) is 1.00. The number of hydrogen-bond acceptors (Lipinski definition) is 2. The highest BCUT2D eigenvalue weighted by Crippen LogP contribution is 2.40. The minimum Gasteiger partial charge on any atom is -0.379 e. The van der Waals surface area contributed by atoms with Gasteiger partial charge in [0.05, 0.1) is 13.2 Å². The molecule has 2 nitrogen and oxygen atoms in total. The smallest absolute Gasteiger partial charge is 0.0623 e. The molecule has 0 aromatic rings. The van der Waals surface area contributed by atoms with Crippen LogP contribution >= 0.6 is 0 Å². The van der Waals surface area contributed by atoms with Crippen LogP contribution in [0.15, 0.2) is 0 Å². The van der Waals surface area contributed by atoms with Gasteiger partial charge in [-0.25, -0.2) is 0 Å². The maximum Gasteiger partial charge on any atom is 0.0623 e. The average molecular weight is 197 g/mol. The molecule has 1 heterocycles. The van der Waals surface area contributed by atoms with E-state index in [1.54, 1.807) is 0 Å².